The molecule has 0 radical (unpaired) electrons. The molecule has 0 aliphatic rings. The van der Waals surface area contributed by atoms with E-state index in [9.17, 15) is 9.90 Å². The van der Waals surface area contributed by atoms with Crippen LogP contribution in [-0.2, 0) is 4.74 Å². The van der Waals surface area contributed by atoms with E-state index >= 15 is 0 Å². The van der Waals surface area contributed by atoms with Gasteiger partial charge in [-0.2, -0.15) is 0 Å². The van der Waals surface area contributed by atoms with Crippen molar-refractivity contribution in [3.05, 3.63) is 60.7 Å². The van der Waals surface area contributed by atoms with Gasteiger partial charge in [0.2, 0.25) is 0 Å². The van der Waals surface area contributed by atoms with Crippen LogP contribution in [0.15, 0.2) is 55.2 Å². The van der Waals surface area contributed by atoms with Crippen LogP contribution >= 0.6 is 0 Å². The van der Waals surface area contributed by atoms with Gasteiger partial charge in [0.05, 0.1) is 0 Å². The van der Waals surface area contributed by atoms with Gasteiger partial charge in [-0.25, -0.2) is 4.79 Å². The molecule has 0 atom stereocenters. The first kappa shape index (κ1) is 17.6. The molecular formula is C18H22O4. The summed E-state index contributed by atoms with van der Waals surface area (Å²) in [7, 11) is 0. The first-order valence-electron chi connectivity index (χ1n) is 6.90. The number of benzene rings is 1. The standard InChI is InChI=1S/C18H22O4/c1-6-9-13(7-2)12-21-15-11-8-10-14(19)16(15)17(20)22-18(3,4)5/h6-11,19H,1-2,12H2,3-5H3/b13-9+. The molecule has 1 aromatic carbocycles. The van der Waals surface area contributed by atoms with Crippen molar-refractivity contribution in [2.45, 2.75) is 26.4 Å². The lowest BCUT2D eigenvalue weighted by Crippen LogP contribution is -2.24. The highest BCUT2D eigenvalue weighted by atomic mass is 16.6. The van der Waals surface area contributed by atoms with Crippen molar-refractivity contribution in [2.75, 3.05) is 6.61 Å². The first-order chi connectivity index (χ1) is 10.3. The second kappa shape index (κ2) is 7.50. The SMILES string of the molecule is C=C/C=C(\C=C)COc1cccc(O)c1C(=O)OC(C)(C)C. The Morgan fingerprint density at radius 1 is 1.32 bits per heavy atom. The van der Waals surface area contributed by atoms with Crippen LogP contribution in [-0.4, -0.2) is 23.3 Å². The maximum absolute atomic E-state index is 12.2. The fraction of sp³-hybridized carbons (Fsp3) is 0.278. The van der Waals surface area contributed by atoms with Crippen molar-refractivity contribution in [3.63, 3.8) is 0 Å². The van der Waals surface area contributed by atoms with E-state index in [1.165, 1.54) is 6.07 Å². The summed E-state index contributed by atoms with van der Waals surface area (Å²) in [6.45, 7) is 12.8. The first-order valence-corrected chi connectivity index (χ1v) is 6.90. The van der Waals surface area contributed by atoms with Gasteiger partial charge < -0.3 is 14.6 Å². The Morgan fingerprint density at radius 2 is 2.00 bits per heavy atom. The fourth-order valence-electron chi connectivity index (χ4n) is 1.66. The predicted octanol–water partition coefficient (Wildman–Crippen LogP) is 4.02. The van der Waals surface area contributed by atoms with Crippen molar-refractivity contribution in [1.29, 1.82) is 0 Å². The van der Waals surface area contributed by atoms with E-state index in [1.54, 1.807) is 51.1 Å². The average molecular weight is 302 g/mol. The minimum absolute atomic E-state index is 0.0134. The third kappa shape index (κ3) is 5.13. The highest BCUT2D eigenvalue weighted by Crippen LogP contribution is 2.30. The minimum atomic E-state index is -0.661. The van der Waals surface area contributed by atoms with Crippen LogP contribution in [0.2, 0.25) is 0 Å². The maximum atomic E-state index is 12.2. The molecule has 0 aromatic heterocycles. The summed E-state index contributed by atoms with van der Waals surface area (Å²) in [6.07, 6.45) is 5.01. The number of rotatable bonds is 6. The Bertz CT molecular complexity index is 592. The molecule has 0 unspecified atom stereocenters. The molecule has 1 N–H and O–H groups in total. The molecule has 0 aliphatic heterocycles. The van der Waals surface area contributed by atoms with E-state index in [4.69, 9.17) is 9.47 Å². The van der Waals surface area contributed by atoms with Gasteiger partial charge in [-0.15, -0.1) is 0 Å². The number of phenols is 1. The van der Waals surface area contributed by atoms with E-state index in [1.807, 2.05) is 0 Å². The summed E-state index contributed by atoms with van der Waals surface area (Å²) in [5.41, 5.74) is 0.152. The molecule has 0 saturated carbocycles. The van der Waals surface area contributed by atoms with Gasteiger partial charge in [0.15, 0.2) is 0 Å². The number of allylic oxidation sites excluding steroid dienone is 2. The Morgan fingerprint density at radius 3 is 2.55 bits per heavy atom. The Kier molecular flexibility index (Phi) is 5.99. The van der Waals surface area contributed by atoms with Crippen molar-refractivity contribution in [2.24, 2.45) is 0 Å². The van der Waals surface area contributed by atoms with Gasteiger partial charge in [0.25, 0.3) is 0 Å². The molecule has 1 aromatic rings. The summed E-state index contributed by atoms with van der Waals surface area (Å²) in [5.74, 6) is -0.556. The molecular weight excluding hydrogens is 280 g/mol. The minimum Gasteiger partial charge on any atom is -0.507 e. The Labute approximate surface area is 131 Å². The van der Waals surface area contributed by atoms with Crippen molar-refractivity contribution in [3.8, 4) is 11.5 Å². The summed E-state index contributed by atoms with van der Waals surface area (Å²) >= 11 is 0. The number of carbonyl (C=O) groups is 1. The lowest BCUT2D eigenvalue weighted by Gasteiger charge is -2.21. The molecule has 0 spiro atoms. The zero-order chi connectivity index (χ0) is 16.8. The quantitative estimate of drug-likeness (QED) is 0.637. The fourth-order valence-corrected chi connectivity index (χ4v) is 1.66. The maximum Gasteiger partial charge on any atom is 0.346 e. The largest absolute Gasteiger partial charge is 0.507 e. The highest BCUT2D eigenvalue weighted by molar-refractivity contribution is 5.95. The molecule has 0 heterocycles. The number of aromatic hydroxyl groups is 1. The van der Waals surface area contributed by atoms with Crippen LogP contribution in [0.25, 0.3) is 0 Å². The molecule has 1 rings (SSSR count). The van der Waals surface area contributed by atoms with Gasteiger partial charge in [0.1, 0.15) is 29.3 Å². The molecule has 0 fully saturated rings. The van der Waals surface area contributed by atoms with Crippen LogP contribution < -0.4 is 4.74 Å². The van der Waals surface area contributed by atoms with E-state index in [0.29, 0.717) is 0 Å². The second-order valence-corrected chi connectivity index (χ2v) is 5.62. The summed E-state index contributed by atoms with van der Waals surface area (Å²) < 4.78 is 10.9. The van der Waals surface area contributed by atoms with Gasteiger partial charge in [0, 0.05) is 0 Å². The number of carbonyl (C=O) groups excluding carboxylic acids is 1. The van der Waals surface area contributed by atoms with E-state index in [2.05, 4.69) is 13.2 Å². The average Bonchev–Trinajstić information content (AvgIpc) is 2.41. The number of hydrogen-bond acceptors (Lipinski definition) is 4. The summed E-state index contributed by atoms with van der Waals surface area (Å²) in [6, 6.07) is 4.62. The van der Waals surface area contributed by atoms with Gasteiger partial charge in [-0.3, -0.25) is 0 Å². The van der Waals surface area contributed by atoms with Gasteiger partial charge in [-0.1, -0.05) is 37.5 Å². The monoisotopic (exact) mass is 302 g/mol. The van der Waals surface area contributed by atoms with E-state index in [-0.39, 0.29) is 23.7 Å². The topological polar surface area (TPSA) is 55.8 Å². The molecule has 4 nitrogen and oxygen atoms in total. The van der Waals surface area contributed by atoms with E-state index in [0.717, 1.165) is 5.57 Å². The molecule has 0 aliphatic carbocycles. The molecule has 0 amide bonds. The number of esters is 1. The second-order valence-electron chi connectivity index (χ2n) is 5.62. The van der Waals surface area contributed by atoms with Crippen LogP contribution in [0.4, 0.5) is 0 Å². The molecule has 22 heavy (non-hydrogen) atoms. The summed E-state index contributed by atoms with van der Waals surface area (Å²) in [5, 5.41) is 9.95. The highest BCUT2D eigenvalue weighted by Gasteiger charge is 2.24. The molecule has 4 heteroatoms. The molecule has 0 saturated heterocycles. The third-order valence-corrected chi connectivity index (χ3v) is 2.60. The Balaban J connectivity index is 3.04. The number of phenolic OH excluding ortho intramolecular Hbond substituents is 1. The zero-order valence-corrected chi connectivity index (χ0v) is 13.3. The molecule has 0 bridgehead atoms. The zero-order valence-electron chi connectivity index (χ0n) is 13.3. The van der Waals surface area contributed by atoms with Crippen molar-refractivity contribution >= 4 is 5.97 Å². The van der Waals surface area contributed by atoms with Crippen molar-refractivity contribution in [1.82, 2.24) is 0 Å². The lowest BCUT2D eigenvalue weighted by atomic mass is 10.1. The summed E-state index contributed by atoms with van der Waals surface area (Å²) in [4.78, 5) is 12.2. The third-order valence-electron chi connectivity index (χ3n) is 2.60. The van der Waals surface area contributed by atoms with Gasteiger partial charge >= 0.3 is 5.97 Å². The number of hydrogen-bond donors (Lipinski definition) is 1. The van der Waals surface area contributed by atoms with Crippen LogP contribution in [0.5, 0.6) is 11.5 Å². The van der Waals surface area contributed by atoms with Gasteiger partial charge in [-0.05, 0) is 38.5 Å². The van der Waals surface area contributed by atoms with E-state index < -0.39 is 11.6 Å². The number of ether oxygens (including phenoxy) is 2. The van der Waals surface area contributed by atoms with Crippen LogP contribution in [0.1, 0.15) is 31.1 Å². The van der Waals surface area contributed by atoms with Crippen LogP contribution in [0.3, 0.4) is 0 Å². The Hall–Kier alpha value is -2.49. The van der Waals surface area contributed by atoms with Crippen molar-refractivity contribution < 1.29 is 19.4 Å². The smallest absolute Gasteiger partial charge is 0.346 e. The van der Waals surface area contributed by atoms with Crippen LogP contribution in [0, 0.1) is 0 Å². The normalized spacial score (nSPS) is 11.7. The predicted molar refractivity (Wildman–Crippen MR) is 87.2 cm³/mol. The lowest BCUT2D eigenvalue weighted by molar-refractivity contribution is 0.00632. The molecule has 118 valence electrons.